The number of likely N-dealkylation sites (tertiary alicyclic amines) is 1. The molecule has 4 aliphatic carbocycles. The van der Waals surface area contributed by atoms with E-state index in [2.05, 4.69) is 38.7 Å². The molecule has 4 heteroatoms. The Labute approximate surface area is 212 Å². The van der Waals surface area contributed by atoms with Crippen LogP contribution in [0.3, 0.4) is 0 Å². The molecule has 10 atom stereocenters. The number of alkyl halides is 1. The second-order valence-corrected chi connectivity index (χ2v) is 13.8. The van der Waals surface area contributed by atoms with Gasteiger partial charge in [-0.2, -0.15) is 0 Å². The SMILES string of the molecule is CC1=C2CC3C(CC=C4CC(O)CCC43C)C2CCC2(C1)OC1CC(C)CN(CCCl)C1[C@H]2C. The van der Waals surface area contributed by atoms with E-state index < -0.39 is 0 Å². The lowest BCUT2D eigenvalue weighted by Crippen LogP contribution is -2.52. The number of rotatable bonds is 2. The molecule has 0 aromatic rings. The number of nitrogens with zero attached hydrogens (tertiary/aromatic N) is 1. The van der Waals surface area contributed by atoms with Gasteiger partial charge in [0.1, 0.15) is 0 Å². The Kier molecular flexibility index (Phi) is 6.08. The maximum Gasteiger partial charge on any atom is 0.0765 e. The summed E-state index contributed by atoms with van der Waals surface area (Å²) in [6.07, 6.45) is 13.2. The number of aliphatic hydroxyl groups excluding tert-OH is 1. The third-order valence-corrected chi connectivity index (χ3v) is 11.8. The summed E-state index contributed by atoms with van der Waals surface area (Å²) in [5, 5.41) is 10.3. The molecule has 190 valence electrons. The van der Waals surface area contributed by atoms with Gasteiger partial charge in [-0.15, -0.1) is 11.6 Å². The van der Waals surface area contributed by atoms with Gasteiger partial charge in [-0.1, -0.05) is 43.6 Å². The van der Waals surface area contributed by atoms with Gasteiger partial charge in [-0.25, -0.2) is 0 Å². The van der Waals surface area contributed by atoms with E-state index in [1.54, 1.807) is 16.7 Å². The van der Waals surface area contributed by atoms with Crippen molar-refractivity contribution in [3.63, 3.8) is 0 Å². The molecule has 0 radical (unpaired) electrons. The number of piperidine rings is 1. The minimum atomic E-state index is -0.116. The van der Waals surface area contributed by atoms with E-state index in [1.807, 2.05) is 0 Å². The van der Waals surface area contributed by atoms with Crippen LogP contribution in [0.1, 0.15) is 85.5 Å². The Morgan fingerprint density at radius 3 is 2.82 bits per heavy atom. The molecule has 0 aromatic heterocycles. The van der Waals surface area contributed by atoms with E-state index in [0.717, 1.165) is 49.4 Å². The highest BCUT2D eigenvalue weighted by Crippen LogP contribution is 2.63. The predicted molar refractivity (Wildman–Crippen MR) is 139 cm³/mol. The molecule has 1 N–H and O–H groups in total. The summed E-state index contributed by atoms with van der Waals surface area (Å²) in [6, 6.07) is 0.534. The van der Waals surface area contributed by atoms with Crippen LogP contribution < -0.4 is 0 Å². The first kappa shape index (κ1) is 24.0. The normalized spacial score (nSPS) is 50.9. The summed E-state index contributed by atoms with van der Waals surface area (Å²) in [5.41, 5.74) is 5.34. The van der Waals surface area contributed by atoms with Gasteiger partial charge >= 0.3 is 0 Å². The largest absolute Gasteiger partial charge is 0.393 e. The number of halogens is 1. The summed E-state index contributed by atoms with van der Waals surface area (Å²) >= 11 is 6.24. The fraction of sp³-hybridized carbons (Fsp3) is 0.867. The second kappa shape index (κ2) is 8.61. The molecule has 0 amide bonds. The maximum atomic E-state index is 10.3. The van der Waals surface area contributed by atoms with Gasteiger partial charge in [0.2, 0.25) is 0 Å². The standard InChI is InChI=1S/C30H46ClNO2/c1-18-13-27-28(32(17-18)12-11-31)20(3)30(34-27)10-8-23-24-6-5-21-14-22(33)7-9-29(21,4)26(24)15-25(23)19(2)16-30/h5,18,20,22-24,26-28,33H,6-17H2,1-4H3/t18?,20-,22?,23?,24?,26?,27?,28?,29?,30?/m1/s1. The number of allylic oxidation sites excluding steroid dienone is 2. The van der Waals surface area contributed by atoms with Crippen molar-refractivity contribution in [2.75, 3.05) is 19.0 Å². The Balaban J connectivity index is 1.27. The summed E-state index contributed by atoms with van der Waals surface area (Å²) in [7, 11) is 0. The zero-order valence-corrected chi connectivity index (χ0v) is 22.6. The first-order chi connectivity index (χ1) is 16.3. The van der Waals surface area contributed by atoms with Crippen molar-refractivity contribution >= 4 is 11.6 Å². The minimum absolute atomic E-state index is 0.00932. The smallest absolute Gasteiger partial charge is 0.0765 e. The molecule has 3 nitrogen and oxygen atoms in total. The summed E-state index contributed by atoms with van der Waals surface area (Å²) in [5.74, 6) is 4.27. The summed E-state index contributed by atoms with van der Waals surface area (Å²) < 4.78 is 7.16. The van der Waals surface area contributed by atoms with E-state index in [-0.39, 0.29) is 11.7 Å². The molecular weight excluding hydrogens is 442 g/mol. The lowest BCUT2D eigenvalue weighted by molar-refractivity contribution is -0.0789. The van der Waals surface area contributed by atoms with Crippen LogP contribution in [0.25, 0.3) is 0 Å². The molecule has 2 aliphatic heterocycles. The van der Waals surface area contributed by atoms with E-state index in [4.69, 9.17) is 16.3 Å². The number of ether oxygens (including phenoxy) is 1. The molecule has 0 aromatic carbocycles. The first-order valence-corrected chi connectivity index (χ1v) is 14.8. The van der Waals surface area contributed by atoms with Gasteiger partial charge in [0.05, 0.1) is 17.8 Å². The fourth-order valence-corrected chi connectivity index (χ4v) is 10.2. The quantitative estimate of drug-likeness (QED) is 0.364. The van der Waals surface area contributed by atoms with Gasteiger partial charge in [-0.3, -0.25) is 4.90 Å². The van der Waals surface area contributed by atoms with Crippen molar-refractivity contribution in [3.05, 3.63) is 22.8 Å². The van der Waals surface area contributed by atoms with Crippen LogP contribution in [0.5, 0.6) is 0 Å². The molecular formula is C30H46ClNO2. The zero-order chi connectivity index (χ0) is 23.8. The van der Waals surface area contributed by atoms with Crippen LogP contribution in [0.2, 0.25) is 0 Å². The lowest BCUT2D eigenvalue weighted by atomic mass is 9.56. The van der Waals surface area contributed by atoms with Crippen LogP contribution in [0.4, 0.5) is 0 Å². The van der Waals surface area contributed by atoms with E-state index in [1.165, 1.54) is 45.1 Å². The van der Waals surface area contributed by atoms with Gasteiger partial charge in [0.25, 0.3) is 0 Å². The average Bonchev–Trinajstić information content (AvgIpc) is 3.25. The van der Waals surface area contributed by atoms with E-state index in [9.17, 15) is 5.11 Å². The molecule has 34 heavy (non-hydrogen) atoms. The third-order valence-electron chi connectivity index (χ3n) is 11.6. The first-order valence-electron chi connectivity index (χ1n) is 14.3. The minimum Gasteiger partial charge on any atom is -0.393 e. The van der Waals surface area contributed by atoms with Gasteiger partial charge in [-0.05, 0) is 93.8 Å². The zero-order valence-electron chi connectivity index (χ0n) is 21.9. The Morgan fingerprint density at radius 1 is 1.21 bits per heavy atom. The molecule has 0 bridgehead atoms. The lowest BCUT2D eigenvalue weighted by Gasteiger charge is -2.49. The van der Waals surface area contributed by atoms with E-state index >= 15 is 0 Å². The van der Waals surface area contributed by atoms with Gasteiger partial charge in [0.15, 0.2) is 0 Å². The molecule has 9 unspecified atom stereocenters. The molecule has 6 aliphatic rings. The van der Waals surface area contributed by atoms with Crippen LogP contribution in [0.15, 0.2) is 22.8 Å². The van der Waals surface area contributed by atoms with E-state index in [0.29, 0.717) is 29.4 Å². The highest BCUT2D eigenvalue weighted by Gasteiger charge is 2.59. The highest BCUT2D eigenvalue weighted by molar-refractivity contribution is 6.18. The number of hydrogen-bond donors (Lipinski definition) is 1. The van der Waals surface area contributed by atoms with Crippen molar-refractivity contribution < 1.29 is 9.84 Å². The van der Waals surface area contributed by atoms with Crippen LogP contribution in [-0.4, -0.2) is 52.8 Å². The number of hydrogen-bond acceptors (Lipinski definition) is 3. The molecule has 4 fully saturated rings. The fourth-order valence-electron chi connectivity index (χ4n) is 9.95. The maximum absolute atomic E-state index is 10.3. The molecule has 2 heterocycles. The summed E-state index contributed by atoms with van der Waals surface area (Å²) in [4.78, 5) is 2.67. The Morgan fingerprint density at radius 2 is 2.03 bits per heavy atom. The topological polar surface area (TPSA) is 32.7 Å². The summed E-state index contributed by atoms with van der Waals surface area (Å²) in [6.45, 7) is 12.0. The van der Waals surface area contributed by atoms with Crippen molar-refractivity contribution in [2.45, 2.75) is 109 Å². The monoisotopic (exact) mass is 487 g/mol. The Bertz CT molecular complexity index is 883. The van der Waals surface area contributed by atoms with Crippen LogP contribution >= 0.6 is 11.6 Å². The van der Waals surface area contributed by atoms with Gasteiger partial charge < -0.3 is 9.84 Å². The van der Waals surface area contributed by atoms with Gasteiger partial charge in [0, 0.05) is 30.9 Å². The second-order valence-electron chi connectivity index (χ2n) is 13.4. The highest BCUT2D eigenvalue weighted by atomic mass is 35.5. The molecule has 1 spiro atoms. The number of aliphatic hydroxyl groups is 1. The third kappa shape index (κ3) is 3.54. The average molecular weight is 488 g/mol. The predicted octanol–water partition coefficient (Wildman–Crippen LogP) is 6.34. The van der Waals surface area contributed by atoms with Crippen LogP contribution in [-0.2, 0) is 4.74 Å². The van der Waals surface area contributed by atoms with Crippen LogP contribution in [0, 0.1) is 35.0 Å². The molecule has 2 saturated carbocycles. The molecule has 6 rings (SSSR count). The Hall–Kier alpha value is -0.350. The van der Waals surface area contributed by atoms with Crippen molar-refractivity contribution in [3.8, 4) is 0 Å². The van der Waals surface area contributed by atoms with Crippen molar-refractivity contribution in [1.82, 2.24) is 4.90 Å². The van der Waals surface area contributed by atoms with Crippen molar-refractivity contribution in [1.29, 1.82) is 0 Å². The van der Waals surface area contributed by atoms with Crippen molar-refractivity contribution in [2.24, 2.45) is 35.0 Å². The molecule has 2 saturated heterocycles. The number of fused-ring (bicyclic) bond motifs is 6.